The highest BCUT2D eigenvalue weighted by Crippen LogP contribution is 2.20. The van der Waals surface area contributed by atoms with Crippen LogP contribution in [0.5, 0.6) is 0 Å². The molecule has 0 spiro atoms. The number of tetrazole rings is 1. The van der Waals surface area contributed by atoms with Crippen molar-refractivity contribution in [3.63, 3.8) is 0 Å². The minimum atomic E-state index is 0.132. The van der Waals surface area contributed by atoms with Crippen LogP contribution in [0.4, 0.5) is 0 Å². The van der Waals surface area contributed by atoms with Gasteiger partial charge in [-0.1, -0.05) is 13.8 Å². The van der Waals surface area contributed by atoms with Crippen LogP contribution in [-0.2, 0) is 4.74 Å². The molecule has 6 heteroatoms. The van der Waals surface area contributed by atoms with Crippen LogP contribution in [0.3, 0.4) is 0 Å². The van der Waals surface area contributed by atoms with E-state index in [1.807, 2.05) is 25.6 Å². The van der Waals surface area contributed by atoms with Gasteiger partial charge in [-0.2, -0.15) is 0 Å². The molecule has 2 unspecified atom stereocenters. The zero-order chi connectivity index (χ0) is 12.8. The molecule has 1 aromatic rings. The van der Waals surface area contributed by atoms with Crippen molar-refractivity contribution in [3.05, 3.63) is 5.82 Å². The molecule has 0 aliphatic rings. The zero-order valence-corrected chi connectivity index (χ0v) is 11.3. The largest absolute Gasteiger partial charge is 0.380 e. The SMILES string of the molecule is CCOCC(C(C)C)n1nnnc1C(C)NC. The van der Waals surface area contributed by atoms with E-state index in [0.717, 1.165) is 5.82 Å². The van der Waals surface area contributed by atoms with Crippen LogP contribution >= 0.6 is 0 Å². The summed E-state index contributed by atoms with van der Waals surface area (Å²) >= 11 is 0. The van der Waals surface area contributed by atoms with Gasteiger partial charge in [0.2, 0.25) is 0 Å². The van der Waals surface area contributed by atoms with Crippen molar-refractivity contribution < 1.29 is 4.74 Å². The number of ether oxygens (including phenoxy) is 1. The second-order valence-corrected chi connectivity index (χ2v) is 4.46. The van der Waals surface area contributed by atoms with E-state index in [4.69, 9.17) is 4.74 Å². The Morgan fingerprint density at radius 3 is 2.59 bits per heavy atom. The van der Waals surface area contributed by atoms with Gasteiger partial charge in [-0.3, -0.25) is 0 Å². The van der Waals surface area contributed by atoms with Crippen molar-refractivity contribution in [2.24, 2.45) is 5.92 Å². The monoisotopic (exact) mass is 241 g/mol. The third-order valence-electron chi connectivity index (χ3n) is 2.91. The number of hydrogen-bond donors (Lipinski definition) is 1. The summed E-state index contributed by atoms with van der Waals surface area (Å²) in [5.74, 6) is 1.28. The van der Waals surface area contributed by atoms with Crippen LogP contribution in [0.25, 0.3) is 0 Å². The molecule has 0 bridgehead atoms. The molecular weight excluding hydrogens is 218 g/mol. The van der Waals surface area contributed by atoms with Crippen LogP contribution in [0, 0.1) is 5.92 Å². The van der Waals surface area contributed by atoms with Crippen LogP contribution in [0.1, 0.15) is 45.6 Å². The maximum atomic E-state index is 5.51. The lowest BCUT2D eigenvalue weighted by Crippen LogP contribution is -2.27. The van der Waals surface area contributed by atoms with E-state index in [-0.39, 0.29) is 12.1 Å². The molecule has 0 radical (unpaired) electrons. The maximum Gasteiger partial charge on any atom is 0.168 e. The normalized spacial score (nSPS) is 15.2. The topological polar surface area (TPSA) is 64.9 Å². The summed E-state index contributed by atoms with van der Waals surface area (Å²) in [5.41, 5.74) is 0. The zero-order valence-electron chi connectivity index (χ0n) is 11.3. The molecule has 6 nitrogen and oxygen atoms in total. The third kappa shape index (κ3) is 3.47. The first-order chi connectivity index (χ1) is 8.11. The molecular formula is C11H23N5O. The van der Waals surface area contributed by atoms with E-state index in [0.29, 0.717) is 19.1 Å². The highest BCUT2D eigenvalue weighted by molar-refractivity contribution is 4.92. The van der Waals surface area contributed by atoms with E-state index in [9.17, 15) is 0 Å². The Balaban J connectivity index is 2.89. The number of hydrogen-bond acceptors (Lipinski definition) is 5. The molecule has 0 aliphatic heterocycles. The van der Waals surface area contributed by atoms with Crippen molar-refractivity contribution in [2.45, 2.75) is 39.8 Å². The Hall–Kier alpha value is -1.01. The molecule has 1 aromatic heterocycles. The van der Waals surface area contributed by atoms with Gasteiger partial charge < -0.3 is 10.1 Å². The van der Waals surface area contributed by atoms with E-state index in [2.05, 4.69) is 34.7 Å². The Morgan fingerprint density at radius 1 is 1.35 bits per heavy atom. The highest BCUT2D eigenvalue weighted by atomic mass is 16.5. The summed E-state index contributed by atoms with van der Waals surface area (Å²) in [4.78, 5) is 0. The van der Waals surface area contributed by atoms with Crippen molar-refractivity contribution in [3.8, 4) is 0 Å². The fourth-order valence-corrected chi connectivity index (χ4v) is 1.63. The first kappa shape index (κ1) is 14.1. The molecule has 98 valence electrons. The molecule has 1 N–H and O–H groups in total. The van der Waals surface area contributed by atoms with Gasteiger partial charge in [0, 0.05) is 6.61 Å². The fourth-order valence-electron chi connectivity index (χ4n) is 1.63. The molecule has 0 aromatic carbocycles. The minimum Gasteiger partial charge on any atom is -0.380 e. The number of nitrogens with one attached hydrogen (secondary N) is 1. The average Bonchev–Trinajstić information content (AvgIpc) is 2.77. The van der Waals surface area contributed by atoms with Crippen molar-refractivity contribution in [1.82, 2.24) is 25.5 Å². The van der Waals surface area contributed by atoms with Gasteiger partial charge in [-0.25, -0.2) is 4.68 Å². The predicted molar refractivity (Wildman–Crippen MR) is 65.7 cm³/mol. The lowest BCUT2D eigenvalue weighted by Gasteiger charge is -2.23. The van der Waals surface area contributed by atoms with E-state index in [1.165, 1.54) is 0 Å². The molecule has 1 rings (SSSR count). The van der Waals surface area contributed by atoms with Gasteiger partial charge in [0.25, 0.3) is 0 Å². The minimum absolute atomic E-state index is 0.132. The molecule has 0 saturated heterocycles. The second-order valence-electron chi connectivity index (χ2n) is 4.46. The Morgan fingerprint density at radius 2 is 2.06 bits per heavy atom. The summed E-state index contributed by atoms with van der Waals surface area (Å²) in [5, 5.41) is 15.1. The van der Waals surface area contributed by atoms with Crippen LogP contribution in [0.15, 0.2) is 0 Å². The smallest absolute Gasteiger partial charge is 0.168 e. The predicted octanol–water partition coefficient (Wildman–Crippen LogP) is 1.19. The summed E-state index contributed by atoms with van der Waals surface area (Å²) in [7, 11) is 1.90. The molecule has 0 fully saturated rings. The van der Waals surface area contributed by atoms with Crippen LogP contribution in [-0.4, -0.2) is 40.5 Å². The Bertz CT molecular complexity index is 325. The molecule has 0 aliphatic carbocycles. The summed E-state index contributed by atoms with van der Waals surface area (Å²) < 4.78 is 7.39. The van der Waals surface area contributed by atoms with Gasteiger partial charge in [0.15, 0.2) is 5.82 Å². The van der Waals surface area contributed by atoms with Gasteiger partial charge in [-0.15, -0.1) is 5.10 Å². The van der Waals surface area contributed by atoms with Gasteiger partial charge >= 0.3 is 0 Å². The molecule has 0 amide bonds. The van der Waals surface area contributed by atoms with Crippen molar-refractivity contribution in [1.29, 1.82) is 0 Å². The number of nitrogens with zero attached hydrogens (tertiary/aromatic N) is 4. The highest BCUT2D eigenvalue weighted by Gasteiger charge is 2.23. The first-order valence-corrected chi connectivity index (χ1v) is 6.14. The first-order valence-electron chi connectivity index (χ1n) is 6.14. The van der Waals surface area contributed by atoms with E-state index in [1.54, 1.807) is 0 Å². The molecule has 1 heterocycles. The Kier molecular flexibility index (Phi) is 5.50. The van der Waals surface area contributed by atoms with E-state index >= 15 is 0 Å². The summed E-state index contributed by atoms with van der Waals surface area (Å²) in [6.07, 6.45) is 0. The quantitative estimate of drug-likeness (QED) is 0.776. The summed E-state index contributed by atoms with van der Waals surface area (Å²) in [6, 6.07) is 0.309. The lowest BCUT2D eigenvalue weighted by molar-refractivity contribution is 0.0886. The summed E-state index contributed by atoms with van der Waals surface area (Å²) in [6.45, 7) is 9.69. The molecule has 0 saturated carbocycles. The third-order valence-corrected chi connectivity index (χ3v) is 2.91. The van der Waals surface area contributed by atoms with E-state index < -0.39 is 0 Å². The molecule has 2 atom stereocenters. The van der Waals surface area contributed by atoms with Gasteiger partial charge in [0.05, 0.1) is 18.7 Å². The van der Waals surface area contributed by atoms with Gasteiger partial charge in [-0.05, 0) is 37.2 Å². The number of rotatable bonds is 7. The van der Waals surface area contributed by atoms with Gasteiger partial charge in [0.1, 0.15) is 0 Å². The lowest BCUT2D eigenvalue weighted by atomic mass is 10.1. The van der Waals surface area contributed by atoms with Crippen LogP contribution < -0.4 is 5.32 Å². The maximum absolute atomic E-state index is 5.51. The Labute approximate surface area is 103 Å². The van der Waals surface area contributed by atoms with Crippen molar-refractivity contribution >= 4 is 0 Å². The number of aromatic nitrogens is 4. The fraction of sp³-hybridized carbons (Fsp3) is 0.909. The second kappa shape index (κ2) is 6.66. The van der Waals surface area contributed by atoms with Crippen molar-refractivity contribution in [2.75, 3.05) is 20.3 Å². The standard InChI is InChI=1S/C11H23N5O/c1-6-17-7-10(8(2)3)16-11(9(4)12-5)13-14-15-16/h8-10,12H,6-7H2,1-5H3. The average molecular weight is 241 g/mol. The molecule has 17 heavy (non-hydrogen) atoms. The van der Waals surface area contributed by atoms with Crippen LogP contribution in [0.2, 0.25) is 0 Å².